The Bertz CT molecular complexity index is 389. The van der Waals surface area contributed by atoms with Crippen LogP contribution < -0.4 is 11.1 Å². The van der Waals surface area contributed by atoms with Crippen molar-refractivity contribution in [2.75, 3.05) is 5.32 Å². The van der Waals surface area contributed by atoms with Gasteiger partial charge in [0.05, 0.1) is 6.04 Å². The molecule has 0 aliphatic heterocycles. The van der Waals surface area contributed by atoms with Crippen molar-refractivity contribution in [1.82, 2.24) is 0 Å². The van der Waals surface area contributed by atoms with Gasteiger partial charge in [-0.1, -0.05) is 25.4 Å². The van der Waals surface area contributed by atoms with Crippen LogP contribution in [-0.2, 0) is 4.79 Å². The van der Waals surface area contributed by atoms with Crippen LogP contribution in [0.3, 0.4) is 0 Å². The smallest absolute Gasteiger partial charge is 0.241 e. The summed E-state index contributed by atoms with van der Waals surface area (Å²) in [6.07, 6.45) is 0.578. The number of rotatable bonds is 4. The standard InChI is InChI=1S/C12H16ClFN2O/c1-7(2)3-11(15)12(17)16-10-5-8(13)4-9(14)6-10/h4-7,11H,3,15H2,1-2H3,(H,16,17)/t11-/m1/s1. The van der Waals surface area contributed by atoms with E-state index in [2.05, 4.69) is 5.32 Å². The number of nitrogens with one attached hydrogen (secondary N) is 1. The molecule has 0 saturated carbocycles. The molecule has 0 fully saturated rings. The van der Waals surface area contributed by atoms with Gasteiger partial charge in [-0.2, -0.15) is 0 Å². The molecule has 1 atom stereocenters. The maximum Gasteiger partial charge on any atom is 0.241 e. The molecule has 5 heteroatoms. The summed E-state index contributed by atoms with van der Waals surface area (Å²) in [4.78, 5) is 11.7. The van der Waals surface area contributed by atoms with Gasteiger partial charge in [0.25, 0.3) is 0 Å². The van der Waals surface area contributed by atoms with Gasteiger partial charge in [0.1, 0.15) is 5.82 Å². The number of carbonyl (C=O) groups excluding carboxylic acids is 1. The molecule has 0 aromatic heterocycles. The number of benzene rings is 1. The molecule has 1 aromatic rings. The Labute approximate surface area is 105 Å². The molecule has 0 unspecified atom stereocenters. The Kier molecular flexibility index (Phi) is 4.90. The molecule has 3 N–H and O–H groups in total. The third kappa shape index (κ3) is 4.71. The van der Waals surface area contributed by atoms with Crippen LogP contribution in [0.5, 0.6) is 0 Å². The van der Waals surface area contributed by atoms with Gasteiger partial charge in [-0.25, -0.2) is 4.39 Å². The molecular formula is C12H16ClFN2O. The summed E-state index contributed by atoms with van der Waals surface area (Å²) in [5.41, 5.74) is 6.02. The van der Waals surface area contributed by atoms with E-state index in [0.717, 1.165) is 0 Å². The van der Waals surface area contributed by atoms with Crippen molar-refractivity contribution < 1.29 is 9.18 Å². The van der Waals surface area contributed by atoms with Crippen LogP contribution in [0.25, 0.3) is 0 Å². The van der Waals surface area contributed by atoms with E-state index >= 15 is 0 Å². The summed E-state index contributed by atoms with van der Waals surface area (Å²) in [7, 11) is 0. The molecule has 1 aromatic carbocycles. The Morgan fingerprint density at radius 2 is 2.12 bits per heavy atom. The van der Waals surface area contributed by atoms with Gasteiger partial charge in [-0.15, -0.1) is 0 Å². The van der Waals surface area contributed by atoms with Crippen molar-refractivity contribution in [3.63, 3.8) is 0 Å². The highest BCUT2D eigenvalue weighted by molar-refractivity contribution is 6.30. The molecule has 0 radical (unpaired) electrons. The van der Waals surface area contributed by atoms with E-state index in [1.165, 1.54) is 18.2 Å². The van der Waals surface area contributed by atoms with E-state index in [1.54, 1.807) is 0 Å². The number of carbonyl (C=O) groups is 1. The minimum atomic E-state index is -0.600. The predicted octanol–water partition coefficient (Wildman–Crippen LogP) is 2.79. The number of hydrogen-bond acceptors (Lipinski definition) is 2. The summed E-state index contributed by atoms with van der Waals surface area (Å²) in [5, 5.41) is 2.77. The molecule has 0 bridgehead atoms. The maximum absolute atomic E-state index is 13.0. The summed E-state index contributed by atoms with van der Waals surface area (Å²) in [5.74, 6) is -0.502. The van der Waals surface area contributed by atoms with Gasteiger partial charge in [-0.3, -0.25) is 4.79 Å². The average Bonchev–Trinajstić information content (AvgIpc) is 2.14. The predicted molar refractivity (Wildman–Crippen MR) is 67.5 cm³/mol. The first-order chi connectivity index (χ1) is 7.88. The van der Waals surface area contributed by atoms with Gasteiger partial charge in [0.15, 0.2) is 0 Å². The third-order valence-corrected chi connectivity index (χ3v) is 2.41. The van der Waals surface area contributed by atoms with E-state index in [9.17, 15) is 9.18 Å². The zero-order valence-electron chi connectivity index (χ0n) is 9.84. The molecule has 17 heavy (non-hydrogen) atoms. The molecule has 0 saturated heterocycles. The second-order valence-electron chi connectivity index (χ2n) is 4.38. The van der Waals surface area contributed by atoms with E-state index in [1.807, 2.05) is 13.8 Å². The molecule has 0 heterocycles. The summed E-state index contributed by atoms with van der Waals surface area (Å²) < 4.78 is 13.0. The Balaban J connectivity index is 2.67. The molecular weight excluding hydrogens is 243 g/mol. The minimum Gasteiger partial charge on any atom is -0.325 e. The van der Waals surface area contributed by atoms with Crippen LogP contribution in [0.2, 0.25) is 5.02 Å². The first-order valence-electron chi connectivity index (χ1n) is 5.41. The molecule has 94 valence electrons. The number of nitrogens with two attached hydrogens (primary N) is 1. The molecule has 3 nitrogen and oxygen atoms in total. The fourth-order valence-corrected chi connectivity index (χ4v) is 1.70. The second-order valence-corrected chi connectivity index (χ2v) is 4.82. The molecule has 0 spiro atoms. The van der Waals surface area contributed by atoms with E-state index < -0.39 is 11.9 Å². The van der Waals surface area contributed by atoms with Crippen LogP contribution in [0.15, 0.2) is 18.2 Å². The first kappa shape index (κ1) is 13.9. The van der Waals surface area contributed by atoms with Crippen molar-refractivity contribution in [1.29, 1.82) is 0 Å². The van der Waals surface area contributed by atoms with Crippen molar-refractivity contribution in [3.8, 4) is 0 Å². The van der Waals surface area contributed by atoms with E-state index in [4.69, 9.17) is 17.3 Å². The highest BCUT2D eigenvalue weighted by Gasteiger charge is 2.15. The average molecular weight is 259 g/mol. The topological polar surface area (TPSA) is 55.1 Å². The van der Waals surface area contributed by atoms with E-state index in [0.29, 0.717) is 18.0 Å². The van der Waals surface area contributed by atoms with Crippen molar-refractivity contribution >= 4 is 23.2 Å². The van der Waals surface area contributed by atoms with Gasteiger partial charge in [-0.05, 0) is 30.5 Å². The Morgan fingerprint density at radius 1 is 1.47 bits per heavy atom. The largest absolute Gasteiger partial charge is 0.325 e. The van der Waals surface area contributed by atoms with E-state index in [-0.39, 0.29) is 10.9 Å². The molecule has 1 amide bonds. The van der Waals surface area contributed by atoms with Gasteiger partial charge < -0.3 is 11.1 Å². The van der Waals surface area contributed by atoms with Gasteiger partial charge >= 0.3 is 0 Å². The zero-order valence-corrected chi connectivity index (χ0v) is 10.6. The zero-order chi connectivity index (χ0) is 13.0. The lowest BCUT2D eigenvalue weighted by atomic mass is 10.0. The Morgan fingerprint density at radius 3 is 2.65 bits per heavy atom. The second kappa shape index (κ2) is 5.98. The first-order valence-corrected chi connectivity index (χ1v) is 5.79. The van der Waals surface area contributed by atoms with Crippen LogP contribution in [0, 0.1) is 11.7 Å². The van der Waals surface area contributed by atoms with Gasteiger partial charge in [0, 0.05) is 10.7 Å². The van der Waals surface area contributed by atoms with Crippen molar-refractivity contribution in [2.24, 2.45) is 11.7 Å². The summed E-state index contributed by atoms with van der Waals surface area (Å²) in [6.45, 7) is 3.96. The molecule has 0 aliphatic rings. The quantitative estimate of drug-likeness (QED) is 0.873. The maximum atomic E-state index is 13.0. The highest BCUT2D eigenvalue weighted by Crippen LogP contribution is 2.18. The van der Waals surface area contributed by atoms with Gasteiger partial charge in [0.2, 0.25) is 5.91 Å². The summed E-state index contributed by atoms with van der Waals surface area (Å²) in [6, 6.07) is 3.25. The number of anilines is 1. The monoisotopic (exact) mass is 258 g/mol. The van der Waals surface area contributed by atoms with Crippen LogP contribution >= 0.6 is 11.6 Å². The normalized spacial score (nSPS) is 12.6. The highest BCUT2D eigenvalue weighted by atomic mass is 35.5. The van der Waals surface area contributed by atoms with Crippen LogP contribution in [0.4, 0.5) is 10.1 Å². The molecule has 1 rings (SSSR count). The lowest BCUT2D eigenvalue weighted by molar-refractivity contribution is -0.117. The lowest BCUT2D eigenvalue weighted by Crippen LogP contribution is -2.36. The Hall–Kier alpha value is -1.13. The third-order valence-electron chi connectivity index (χ3n) is 2.19. The number of hydrogen-bond donors (Lipinski definition) is 2. The number of amides is 1. The van der Waals surface area contributed by atoms with Crippen LogP contribution in [-0.4, -0.2) is 11.9 Å². The molecule has 0 aliphatic carbocycles. The van der Waals surface area contributed by atoms with Crippen molar-refractivity contribution in [2.45, 2.75) is 26.3 Å². The fraction of sp³-hybridized carbons (Fsp3) is 0.417. The SMILES string of the molecule is CC(C)C[C@@H](N)C(=O)Nc1cc(F)cc(Cl)c1. The summed E-state index contributed by atoms with van der Waals surface area (Å²) >= 11 is 5.67. The number of halogens is 2. The fourth-order valence-electron chi connectivity index (χ4n) is 1.48. The lowest BCUT2D eigenvalue weighted by Gasteiger charge is -2.14. The van der Waals surface area contributed by atoms with Crippen LogP contribution in [0.1, 0.15) is 20.3 Å². The van der Waals surface area contributed by atoms with Crippen molar-refractivity contribution in [3.05, 3.63) is 29.0 Å². The minimum absolute atomic E-state index is 0.234.